The first-order chi connectivity index (χ1) is 6.34. The van der Waals surface area contributed by atoms with Crippen LogP contribution in [0.2, 0.25) is 0 Å². The second-order valence-electron chi connectivity index (χ2n) is 2.53. The summed E-state index contributed by atoms with van der Waals surface area (Å²) in [6.45, 7) is 0. The Morgan fingerprint density at radius 2 is 1.85 bits per heavy atom. The lowest BCUT2D eigenvalue weighted by Crippen LogP contribution is -1.68. The molecule has 0 atom stereocenters. The summed E-state index contributed by atoms with van der Waals surface area (Å²) in [7, 11) is 0. The monoisotopic (exact) mass is 208 g/mol. The van der Waals surface area contributed by atoms with Crippen LogP contribution in [-0.2, 0) is 0 Å². The molecule has 1 nitrogen and oxygen atoms in total. The van der Waals surface area contributed by atoms with Crippen LogP contribution in [0.25, 0.3) is 0 Å². The molecule has 0 saturated carbocycles. The molecule has 1 heterocycles. The molecule has 0 fully saturated rings. The molecule has 0 saturated heterocycles. The number of phenolic OH excluding ortho intramolecular Hbond substituents is 1. The summed E-state index contributed by atoms with van der Waals surface area (Å²) in [5.74, 6) is 0.315. The molecule has 0 radical (unpaired) electrons. The van der Waals surface area contributed by atoms with Crippen molar-refractivity contribution in [2.45, 2.75) is 9.10 Å². The second-order valence-corrected chi connectivity index (χ2v) is 4.85. The highest BCUT2D eigenvalue weighted by Crippen LogP contribution is 2.31. The third kappa shape index (κ3) is 2.26. The van der Waals surface area contributed by atoms with Crippen molar-refractivity contribution in [2.24, 2.45) is 0 Å². The Morgan fingerprint density at radius 1 is 1.08 bits per heavy atom. The van der Waals surface area contributed by atoms with E-state index >= 15 is 0 Å². The van der Waals surface area contributed by atoms with E-state index in [0.29, 0.717) is 5.75 Å². The minimum absolute atomic E-state index is 0.315. The lowest BCUT2D eigenvalue weighted by atomic mass is 10.3. The van der Waals surface area contributed by atoms with Crippen LogP contribution >= 0.6 is 23.1 Å². The molecule has 2 aromatic rings. The van der Waals surface area contributed by atoms with Gasteiger partial charge in [0.15, 0.2) is 0 Å². The lowest BCUT2D eigenvalue weighted by Gasteiger charge is -1.97. The molecule has 1 N–H and O–H groups in total. The van der Waals surface area contributed by atoms with Crippen LogP contribution in [0.5, 0.6) is 5.75 Å². The Bertz CT molecular complexity index is 364. The zero-order chi connectivity index (χ0) is 9.10. The van der Waals surface area contributed by atoms with Crippen molar-refractivity contribution in [2.75, 3.05) is 0 Å². The predicted octanol–water partition coefficient (Wildman–Crippen LogP) is 3.60. The predicted molar refractivity (Wildman–Crippen MR) is 56.5 cm³/mol. The van der Waals surface area contributed by atoms with E-state index in [-0.39, 0.29) is 0 Å². The molecule has 0 aliphatic heterocycles. The Morgan fingerprint density at radius 3 is 2.46 bits per heavy atom. The number of phenols is 1. The Balaban J connectivity index is 2.15. The zero-order valence-corrected chi connectivity index (χ0v) is 8.44. The zero-order valence-electron chi connectivity index (χ0n) is 6.81. The van der Waals surface area contributed by atoms with Gasteiger partial charge in [-0.25, -0.2) is 0 Å². The molecule has 0 aliphatic carbocycles. The first kappa shape index (κ1) is 8.66. The average molecular weight is 208 g/mol. The van der Waals surface area contributed by atoms with Crippen molar-refractivity contribution in [1.29, 1.82) is 0 Å². The summed E-state index contributed by atoms with van der Waals surface area (Å²) < 4.78 is 1.27. The molecule has 3 heteroatoms. The summed E-state index contributed by atoms with van der Waals surface area (Å²) in [4.78, 5) is 1.15. The molecule has 0 aliphatic rings. The summed E-state index contributed by atoms with van der Waals surface area (Å²) in [6, 6.07) is 11.4. The van der Waals surface area contributed by atoms with Crippen molar-refractivity contribution in [3.05, 3.63) is 41.8 Å². The highest BCUT2D eigenvalue weighted by Gasteiger charge is 1.97. The second kappa shape index (κ2) is 3.85. The fourth-order valence-electron chi connectivity index (χ4n) is 0.952. The minimum Gasteiger partial charge on any atom is -0.508 e. The van der Waals surface area contributed by atoms with Gasteiger partial charge in [-0.05, 0) is 35.7 Å². The molecule has 0 unspecified atom stereocenters. The van der Waals surface area contributed by atoms with Crippen molar-refractivity contribution in [3.8, 4) is 5.75 Å². The first-order valence-electron chi connectivity index (χ1n) is 3.85. The van der Waals surface area contributed by atoms with E-state index in [1.165, 1.54) is 4.21 Å². The number of hydrogen-bond acceptors (Lipinski definition) is 3. The van der Waals surface area contributed by atoms with Crippen LogP contribution < -0.4 is 0 Å². The number of hydrogen-bond donors (Lipinski definition) is 1. The van der Waals surface area contributed by atoms with Gasteiger partial charge in [0, 0.05) is 4.90 Å². The molecule has 0 spiro atoms. The molecular weight excluding hydrogens is 200 g/mol. The van der Waals surface area contributed by atoms with Gasteiger partial charge in [0.25, 0.3) is 0 Å². The van der Waals surface area contributed by atoms with E-state index in [0.717, 1.165) is 4.90 Å². The highest BCUT2D eigenvalue weighted by molar-refractivity contribution is 8.01. The van der Waals surface area contributed by atoms with Gasteiger partial charge in [0.1, 0.15) is 5.75 Å². The van der Waals surface area contributed by atoms with Gasteiger partial charge in [-0.1, -0.05) is 17.8 Å². The normalized spacial score (nSPS) is 10.2. The molecule has 2 rings (SSSR count). The minimum atomic E-state index is 0.315. The van der Waals surface area contributed by atoms with E-state index in [1.807, 2.05) is 18.2 Å². The Labute approximate surface area is 85.0 Å². The van der Waals surface area contributed by atoms with Crippen LogP contribution in [-0.4, -0.2) is 5.11 Å². The molecule has 0 amide bonds. The van der Waals surface area contributed by atoms with Crippen LogP contribution in [0.1, 0.15) is 0 Å². The van der Waals surface area contributed by atoms with Crippen LogP contribution in [0.15, 0.2) is 50.9 Å². The van der Waals surface area contributed by atoms with Crippen LogP contribution in [0.4, 0.5) is 0 Å². The topological polar surface area (TPSA) is 20.2 Å². The van der Waals surface area contributed by atoms with Crippen molar-refractivity contribution >= 4 is 23.1 Å². The van der Waals surface area contributed by atoms with Crippen LogP contribution in [0, 0.1) is 0 Å². The van der Waals surface area contributed by atoms with E-state index in [4.69, 9.17) is 5.11 Å². The quantitative estimate of drug-likeness (QED) is 0.813. The van der Waals surface area contributed by atoms with Gasteiger partial charge < -0.3 is 5.11 Å². The number of aromatic hydroxyl groups is 1. The summed E-state index contributed by atoms with van der Waals surface area (Å²) in [6.07, 6.45) is 0. The third-order valence-electron chi connectivity index (χ3n) is 1.55. The fourth-order valence-corrected chi connectivity index (χ4v) is 2.70. The molecule has 66 valence electrons. The standard InChI is InChI=1S/C10H8OS2/c11-8-3-5-9(6-4-8)13-10-2-1-7-12-10/h1-7,11H. The van der Waals surface area contributed by atoms with Gasteiger partial charge >= 0.3 is 0 Å². The smallest absolute Gasteiger partial charge is 0.115 e. The number of rotatable bonds is 2. The molecule has 0 bridgehead atoms. The van der Waals surface area contributed by atoms with Gasteiger partial charge in [0.05, 0.1) is 4.21 Å². The van der Waals surface area contributed by atoms with Crippen molar-refractivity contribution in [3.63, 3.8) is 0 Å². The molecule has 1 aromatic heterocycles. The van der Waals surface area contributed by atoms with Gasteiger partial charge in [-0.2, -0.15) is 0 Å². The maximum Gasteiger partial charge on any atom is 0.115 e. The Hall–Kier alpha value is -0.930. The lowest BCUT2D eigenvalue weighted by molar-refractivity contribution is 0.475. The van der Waals surface area contributed by atoms with Crippen molar-refractivity contribution in [1.82, 2.24) is 0 Å². The SMILES string of the molecule is Oc1ccc(Sc2cccs2)cc1. The van der Waals surface area contributed by atoms with E-state index in [1.54, 1.807) is 35.2 Å². The van der Waals surface area contributed by atoms with Gasteiger partial charge in [-0.3, -0.25) is 0 Å². The summed E-state index contributed by atoms with van der Waals surface area (Å²) >= 11 is 3.43. The molecule has 1 aromatic carbocycles. The summed E-state index contributed by atoms with van der Waals surface area (Å²) in [5, 5.41) is 11.1. The first-order valence-corrected chi connectivity index (χ1v) is 5.54. The van der Waals surface area contributed by atoms with Crippen LogP contribution in [0.3, 0.4) is 0 Å². The largest absolute Gasteiger partial charge is 0.508 e. The van der Waals surface area contributed by atoms with Gasteiger partial charge in [-0.15, -0.1) is 11.3 Å². The Kier molecular flexibility index (Phi) is 2.57. The summed E-state index contributed by atoms with van der Waals surface area (Å²) in [5.41, 5.74) is 0. The maximum absolute atomic E-state index is 9.08. The highest BCUT2D eigenvalue weighted by atomic mass is 32.2. The third-order valence-corrected chi connectivity index (χ3v) is 3.60. The average Bonchev–Trinajstić information content (AvgIpc) is 2.62. The number of thiophene rings is 1. The number of benzene rings is 1. The van der Waals surface area contributed by atoms with E-state index < -0.39 is 0 Å². The van der Waals surface area contributed by atoms with E-state index in [2.05, 4.69) is 11.4 Å². The fraction of sp³-hybridized carbons (Fsp3) is 0. The van der Waals surface area contributed by atoms with Gasteiger partial charge in [0.2, 0.25) is 0 Å². The van der Waals surface area contributed by atoms with Crippen molar-refractivity contribution < 1.29 is 5.11 Å². The molecule has 13 heavy (non-hydrogen) atoms. The van der Waals surface area contributed by atoms with E-state index in [9.17, 15) is 0 Å². The molecular formula is C10H8OS2. The maximum atomic E-state index is 9.08.